The number of likely N-dealkylation sites (N-methyl/N-ethyl adjacent to an activating group) is 1. The van der Waals surface area contributed by atoms with Gasteiger partial charge in [0.25, 0.3) is 5.91 Å². The molecule has 1 heterocycles. The maximum atomic E-state index is 12.9. The van der Waals surface area contributed by atoms with Crippen LogP contribution in [0, 0.1) is 0 Å². The van der Waals surface area contributed by atoms with E-state index in [1.165, 1.54) is 5.56 Å². The Bertz CT molecular complexity index is 733. The predicted octanol–water partition coefficient (Wildman–Crippen LogP) is 2.62. The molecule has 1 aliphatic rings. The van der Waals surface area contributed by atoms with Gasteiger partial charge in [0, 0.05) is 32.7 Å². The highest BCUT2D eigenvalue weighted by Crippen LogP contribution is 2.27. The van der Waals surface area contributed by atoms with E-state index in [1.54, 1.807) is 25.3 Å². The van der Waals surface area contributed by atoms with Crippen molar-refractivity contribution >= 4 is 11.6 Å². The maximum absolute atomic E-state index is 12.9. The van der Waals surface area contributed by atoms with E-state index in [9.17, 15) is 4.79 Å². The molecule has 0 radical (unpaired) electrons. The minimum Gasteiger partial charge on any atom is -0.495 e. The van der Waals surface area contributed by atoms with Gasteiger partial charge in [-0.3, -0.25) is 9.69 Å². The number of ether oxygens (including phenoxy) is 1. The van der Waals surface area contributed by atoms with Crippen molar-refractivity contribution < 1.29 is 9.53 Å². The summed E-state index contributed by atoms with van der Waals surface area (Å²) in [5.41, 5.74) is 8.28. The first-order valence-corrected chi connectivity index (χ1v) is 8.56. The predicted molar refractivity (Wildman–Crippen MR) is 99.6 cm³/mol. The molecule has 1 saturated heterocycles. The maximum Gasteiger partial charge on any atom is 0.256 e. The summed E-state index contributed by atoms with van der Waals surface area (Å²) in [6.45, 7) is 2.78. The van der Waals surface area contributed by atoms with Crippen molar-refractivity contribution in [2.45, 2.75) is 19.0 Å². The number of anilines is 1. The molecule has 25 heavy (non-hydrogen) atoms. The van der Waals surface area contributed by atoms with Crippen LogP contribution in [-0.2, 0) is 6.54 Å². The van der Waals surface area contributed by atoms with Gasteiger partial charge in [-0.1, -0.05) is 36.4 Å². The number of methoxy groups -OCH3 is 1. The molecule has 5 heteroatoms. The van der Waals surface area contributed by atoms with Crippen LogP contribution in [0.3, 0.4) is 0 Å². The Labute approximate surface area is 149 Å². The van der Waals surface area contributed by atoms with Gasteiger partial charge in [0.2, 0.25) is 0 Å². The molecule has 3 rings (SSSR count). The van der Waals surface area contributed by atoms with Crippen molar-refractivity contribution in [2.75, 3.05) is 33.0 Å². The Hall–Kier alpha value is -2.53. The second-order valence-corrected chi connectivity index (χ2v) is 6.50. The standard InChI is InChI=1S/C20H25N3O2/c1-22(20(24)17-9-6-10-18(25-2)19(17)21)16-11-12-23(14-16)13-15-7-4-3-5-8-15/h3-10,16H,11-14,21H2,1-2H3. The highest BCUT2D eigenvalue weighted by Gasteiger charge is 2.29. The topological polar surface area (TPSA) is 58.8 Å². The first-order chi connectivity index (χ1) is 12.1. The van der Waals surface area contributed by atoms with E-state index >= 15 is 0 Å². The minimum atomic E-state index is -0.0528. The van der Waals surface area contributed by atoms with Crippen LogP contribution in [0.2, 0.25) is 0 Å². The molecular formula is C20H25N3O2. The summed E-state index contributed by atoms with van der Waals surface area (Å²) in [7, 11) is 3.42. The normalized spacial score (nSPS) is 17.4. The van der Waals surface area contributed by atoms with E-state index in [1.807, 2.05) is 18.0 Å². The summed E-state index contributed by atoms with van der Waals surface area (Å²) >= 11 is 0. The molecule has 2 aromatic rings. The molecule has 1 fully saturated rings. The lowest BCUT2D eigenvalue weighted by molar-refractivity contribution is 0.0735. The number of hydrogen-bond donors (Lipinski definition) is 1. The van der Waals surface area contributed by atoms with Gasteiger partial charge in [-0.15, -0.1) is 0 Å². The van der Waals surface area contributed by atoms with E-state index in [0.29, 0.717) is 17.0 Å². The van der Waals surface area contributed by atoms with E-state index in [4.69, 9.17) is 10.5 Å². The summed E-state index contributed by atoms with van der Waals surface area (Å²) in [5.74, 6) is 0.485. The van der Waals surface area contributed by atoms with Gasteiger partial charge in [0.1, 0.15) is 5.75 Å². The van der Waals surface area contributed by atoms with Gasteiger partial charge < -0.3 is 15.4 Å². The van der Waals surface area contributed by atoms with Crippen LogP contribution >= 0.6 is 0 Å². The average Bonchev–Trinajstić information content (AvgIpc) is 3.10. The fourth-order valence-corrected chi connectivity index (χ4v) is 3.38. The number of benzene rings is 2. The summed E-state index contributed by atoms with van der Waals surface area (Å²) in [6.07, 6.45) is 0.971. The van der Waals surface area contributed by atoms with Crippen molar-refractivity contribution in [3.63, 3.8) is 0 Å². The summed E-state index contributed by atoms with van der Waals surface area (Å²) in [6, 6.07) is 15.9. The van der Waals surface area contributed by atoms with E-state index in [-0.39, 0.29) is 11.9 Å². The third-order valence-corrected chi connectivity index (χ3v) is 4.88. The number of nitrogens with zero attached hydrogens (tertiary/aromatic N) is 2. The van der Waals surface area contributed by atoms with Gasteiger partial charge in [-0.05, 0) is 24.1 Å². The largest absolute Gasteiger partial charge is 0.495 e. The molecule has 2 aromatic carbocycles. The molecule has 0 bridgehead atoms. The van der Waals surface area contributed by atoms with Crippen molar-refractivity contribution in [1.29, 1.82) is 0 Å². The highest BCUT2D eigenvalue weighted by atomic mass is 16.5. The minimum absolute atomic E-state index is 0.0528. The molecule has 1 amide bonds. The number of carbonyl (C=O) groups excluding carboxylic acids is 1. The average molecular weight is 339 g/mol. The molecule has 1 aliphatic heterocycles. The second kappa shape index (κ2) is 7.57. The van der Waals surface area contributed by atoms with Gasteiger partial charge in [-0.25, -0.2) is 0 Å². The van der Waals surface area contributed by atoms with Gasteiger partial charge >= 0.3 is 0 Å². The quantitative estimate of drug-likeness (QED) is 0.851. The van der Waals surface area contributed by atoms with E-state index in [0.717, 1.165) is 26.1 Å². The molecule has 0 saturated carbocycles. The Kier molecular flexibility index (Phi) is 5.24. The van der Waals surface area contributed by atoms with Gasteiger partial charge in [0.05, 0.1) is 18.4 Å². The number of hydrogen-bond acceptors (Lipinski definition) is 4. The van der Waals surface area contributed by atoms with E-state index in [2.05, 4.69) is 29.2 Å². The van der Waals surface area contributed by atoms with Crippen molar-refractivity contribution in [1.82, 2.24) is 9.80 Å². The van der Waals surface area contributed by atoms with Crippen molar-refractivity contribution in [3.05, 3.63) is 59.7 Å². The summed E-state index contributed by atoms with van der Waals surface area (Å²) in [4.78, 5) is 17.1. The molecule has 2 N–H and O–H groups in total. The molecule has 0 aliphatic carbocycles. The van der Waals surface area contributed by atoms with Crippen LogP contribution in [-0.4, -0.2) is 49.0 Å². The molecule has 132 valence electrons. The lowest BCUT2D eigenvalue weighted by Gasteiger charge is -2.26. The smallest absolute Gasteiger partial charge is 0.256 e. The zero-order valence-corrected chi connectivity index (χ0v) is 14.8. The van der Waals surface area contributed by atoms with Crippen LogP contribution in [0.4, 0.5) is 5.69 Å². The number of nitrogens with two attached hydrogens (primary N) is 1. The monoisotopic (exact) mass is 339 g/mol. The molecule has 0 aromatic heterocycles. The number of amides is 1. The highest BCUT2D eigenvalue weighted by molar-refractivity contribution is 6.00. The Morgan fingerprint density at radius 1 is 1.24 bits per heavy atom. The lowest BCUT2D eigenvalue weighted by atomic mass is 10.1. The Morgan fingerprint density at radius 3 is 2.72 bits per heavy atom. The fourth-order valence-electron chi connectivity index (χ4n) is 3.38. The third-order valence-electron chi connectivity index (χ3n) is 4.88. The Morgan fingerprint density at radius 2 is 2.00 bits per heavy atom. The van der Waals surface area contributed by atoms with Crippen LogP contribution in [0.5, 0.6) is 5.75 Å². The first-order valence-electron chi connectivity index (χ1n) is 8.56. The van der Waals surface area contributed by atoms with Gasteiger partial charge in [-0.2, -0.15) is 0 Å². The number of rotatable bonds is 5. The first kappa shape index (κ1) is 17.3. The number of nitrogen functional groups attached to an aromatic ring is 1. The molecule has 5 nitrogen and oxygen atoms in total. The van der Waals surface area contributed by atoms with E-state index < -0.39 is 0 Å². The SMILES string of the molecule is COc1cccc(C(=O)N(C)C2CCN(Cc3ccccc3)C2)c1N. The van der Waals surface area contributed by atoms with Crippen LogP contribution in [0.15, 0.2) is 48.5 Å². The summed E-state index contributed by atoms with van der Waals surface area (Å²) in [5, 5.41) is 0. The number of likely N-dealkylation sites (tertiary alicyclic amines) is 1. The third kappa shape index (κ3) is 3.77. The van der Waals surface area contributed by atoms with Crippen LogP contribution < -0.4 is 10.5 Å². The molecule has 1 unspecified atom stereocenters. The number of carbonyl (C=O) groups is 1. The second-order valence-electron chi connectivity index (χ2n) is 6.50. The van der Waals surface area contributed by atoms with Crippen LogP contribution in [0.25, 0.3) is 0 Å². The molecule has 0 spiro atoms. The van der Waals surface area contributed by atoms with Crippen molar-refractivity contribution in [3.8, 4) is 5.75 Å². The van der Waals surface area contributed by atoms with Crippen molar-refractivity contribution in [2.24, 2.45) is 0 Å². The fraction of sp³-hybridized carbons (Fsp3) is 0.350. The molecular weight excluding hydrogens is 314 g/mol. The zero-order valence-electron chi connectivity index (χ0n) is 14.8. The number of para-hydroxylation sites is 1. The molecule has 1 atom stereocenters. The lowest BCUT2D eigenvalue weighted by Crippen LogP contribution is -2.39. The van der Waals surface area contributed by atoms with Gasteiger partial charge in [0.15, 0.2) is 0 Å². The zero-order chi connectivity index (χ0) is 17.8. The van der Waals surface area contributed by atoms with Crippen LogP contribution in [0.1, 0.15) is 22.3 Å². The summed E-state index contributed by atoms with van der Waals surface area (Å²) < 4.78 is 5.22. The Balaban J connectivity index is 1.65.